The Morgan fingerprint density at radius 3 is 2.58 bits per heavy atom. The maximum absolute atomic E-state index is 4.97. The lowest BCUT2D eigenvalue weighted by Crippen LogP contribution is -2.06. The molecule has 2 aromatic carbocycles. The number of pyridine rings is 1. The molecule has 0 saturated heterocycles. The number of rotatable bonds is 3. The van der Waals surface area contributed by atoms with Gasteiger partial charge in [0.15, 0.2) is 0 Å². The molecule has 0 aliphatic heterocycles. The number of imidazole rings is 1. The molecule has 150 valence electrons. The van der Waals surface area contributed by atoms with Gasteiger partial charge < -0.3 is 0 Å². The number of nitrogens with zero attached hydrogens (tertiary/aromatic N) is 5. The van der Waals surface area contributed by atoms with E-state index >= 15 is 0 Å². The first-order valence-corrected chi connectivity index (χ1v) is 10.4. The van der Waals surface area contributed by atoms with Crippen molar-refractivity contribution in [2.24, 2.45) is 0 Å². The van der Waals surface area contributed by atoms with Crippen molar-refractivity contribution in [1.29, 1.82) is 0 Å². The number of hydrogen-bond acceptors (Lipinski definition) is 3. The maximum Gasteiger partial charge on any atom is 0.235 e. The Bertz CT molecular complexity index is 1650. The van der Waals surface area contributed by atoms with Gasteiger partial charge >= 0.3 is 0 Å². The molecule has 31 heavy (non-hydrogen) atoms. The second kappa shape index (κ2) is 6.51. The fourth-order valence-corrected chi connectivity index (χ4v) is 4.51. The number of allylic oxidation sites excluding steroid dienone is 1. The Labute approximate surface area is 179 Å². The van der Waals surface area contributed by atoms with Gasteiger partial charge in [-0.15, -0.1) is 6.58 Å². The number of para-hydroxylation sites is 1. The van der Waals surface area contributed by atoms with E-state index in [4.69, 9.17) is 15.0 Å². The highest BCUT2D eigenvalue weighted by Crippen LogP contribution is 2.32. The third-order valence-corrected chi connectivity index (χ3v) is 6.16. The number of benzene rings is 2. The Hall–Kier alpha value is -3.99. The van der Waals surface area contributed by atoms with Crippen molar-refractivity contribution in [3.05, 3.63) is 90.4 Å². The Balaban J connectivity index is 1.72. The second-order valence-corrected chi connectivity index (χ2v) is 7.92. The molecule has 0 unspecified atom stereocenters. The fourth-order valence-electron chi connectivity index (χ4n) is 4.51. The predicted molar refractivity (Wildman–Crippen MR) is 126 cm³/mol. The highest BCUT2D eigenvalue weighted by Gasteiger charge is 2.18. The van der Waals surface area contributed by atoms with Crippen molar-refractivity contribution in [2.45, 2.75) is 20.3 Å². The van der Waals surface area contributed by atoms with E-state index in [1.807, 2.05) is 42.5 Å². The van der Waals surface area contributed by atoms with Gasteiger partial charge in [-0.05, 0) is 49.7 Å². The topological polar surface area (TPSA) is 48.0 Å². The molecule has 0 atom stereocenters. The SMILES string of the molecule is C=CCc1nc(-n2c(C)c(C)c3cc4nc5ccccn5c4cc32)nc2ccccc12. The van der Waals surface area contributed by atoms with Gasteiger partial charge in [0, 0.05) is 29.1 Å². The summed E-state index contributed by atoms with van der Waals surface area (Å²) in [6, 6.07) is 18.6. The summed E-state index contributed by atoms with van der Waals surface area (Å²) in [5, 5.41) is 2.25. The highest BCUT2D eigenvalue weighted by molar-refractivity contribution is 5.98. The van der Waals surface area contributed by atoms with Crippen LogP contribution in [0, 0.1) is 13.8 Å². The van der Waals surface area contributed by atoms with Crippen LogP contribution >= 0.6 is 0 Å². The summed E-state index contributed by atoms with van der Waals surface area (Å²) < 4.78 is 4.30. The van der Waals surface area contributed by atoms with E-state index in [1.54, 1.807) is 0 Å². The van der Waals surface area contributed by atoms with Crippen LogP contribution < -0.4 is 0 Å². The summed E-state index contributed by atoms with van der Waals surface area (Å²) >= 11 is 0. The minimum absolute atomic E-state index is 0.694. The normalized spacial score (nSPS) is 11.8. The third kappa shape index (κ3) is 2.53. The van der Waals surface area contributed by atoms with E-state index in [0.29, 0.717) is 12.4 Å². The first-order chi connectivity index (χ1) is 15.2. The molecule has 0 N–H and O–H groups in total. The van der Waals surface area contributed by atoms with E-state index in [9.17, 15) is 0 Å². The van der Waals surface area contributed by atoms with Gasteiger partial charge in [0.1, 0.15) is 5.65 Å². The van der Waals surface area contributed by atoms with Crippen LogP contribution in [0.5, 0.6) is 0 Å². The lowest BCUT2D eigenvalue weighted by atomic mass is 10.1. The standard InChI is InChI=1S/C26H21N5/c1-4-9-20-18-10-5-6-11-21(18)29-26(28-20)31-17(3)16(2)19-14-22-24(15-23(19)31)30-13-8-7-12-25(30)27-22/h4-8,10-15H,1,9H2,2-3H3. The minimum atomic E-state index is 0.694. The average molecular weight is 403 g/mol. The predicted octanol–water partition coefficient (Wildman–Crippen LogP) is 5.72. The van der Waals surface area contributed by atoms with Crippen LogP contribution in [0.4, 0.5) is 0 Å². The smallest absolute Gasteiger partial charge is 0.235 e. The summed E-state index contributed by atoms with van der Waals surface area (Å²) in [4.78, 5) is 14.7. The van der Waals surface area contributed by atoms with Gasteiger partial charge in [-0.2, -0.15) is 0 Å². The lowest BCUT2D eigenvalue weighted by Gasteiger charge is -2.11. The number of hydrogen-bond donors (Lipinski definition) is 0. The average Bonchev–Trinajstić information content (AvgIpc) is 3.27. The van der Waals surface area contributed by atoms with Gasteiger partial charge in [0.25, 0.3) is 0 Å². The molecule has 6 aromatic rings. The first kappa shape index (κ1) is 17.8. The molecule has 6 rings (SSSR count). The van der Waals surface area contributed by atoms with Crippen LogP contribution in [-0.2, 0) is 6.42 Å². The number of aromatic nitrogens is 5. The van der Waals surface area contributed by atoms with E-state index in [1.165, 1.54) is 10.9 Å². The molecule has 4 heterocycles. The molecule has 0 saturated carbocycles. The second-order valence-electron chi connectivity index (χ2n) is 7.92. The molecule has 0 aliphatic carbocycles. The highest BCUT2D eigenvalue weighted by atomic mass is 15.2. The summed E-state index contributed by atoms with van der Waals surface area (Å²) in [5.41, 5.74) is 8.39. The molecular formula is C26H21N5. The van der Waals surface area contributed by atoms with Gasteiger partial charge in [0.05, 0.1) is 27.8 Å². The summed E-state index contributed by atoms with van der Waals surface area (Å²) in [5.74, 6) is 0.694. The molecule has 0 fully saturated rings. The summed E-state index contributed by atoms with van der Waals surface area (Å²) in [6.45, 7) is 8.20. The van der Waals surface area contributed by atoms with E-state index in [0.717, 1.165) is 44.5 Å². The maximum atomic E-state index is 4.97. The Morgan fingerprint density at radius 2 is 1.71 bits per heavy atom. The van der Waals surface area contributed by atoms with E-state index in [-0.39, 0.29) is 0 Å². The van der Waals surface area contributed by atoms with Crippen molar-refractivity contribution in [3.63, 3.8) is 0 Å². The first-order valence-electron chi connectivity index (χ1n) is 10.4. The van der Waals surface area contributed by atoms with E-state index in [2.05, 4.69) is 53.8 Å². The molecule has 0 radical (unpaired) electrons. The van der Waals surface area contributed by atoms with Crippen molar-refractivity contribution >= 4 is 38.5 Å². The lowest BCUT2D eigenvalue weighted by molar-refractivity contribution is 0.915. The zero-order chi connectivity index (χ0) is 21.1. The number of aryl methyl sites for hydroxylation is 1. The van der Waals surface area contributed by atoms with Crippen LogP contribution in [-0.4, -0.2) is 23.9 Å². The van der Waals surface area contributed by atoms with Gasteiger partial charge in [-0.1, -0.05) is 30.3 Å². The van der Waals surface area contributed by atoms with Crippen molar-refractivity contribution < 1.29 is 0 Å². The van der Waals surface area contributed by atoms with Crippen LogP contribution in [0.25, 0.3) is 44.4 Å². The number of fused-ring (bicyclic) bond motifs is 5. The monoisotopic (exact) mass is 403 g/mol. The van der Waals surface area contributed by atoms with Crippen molar-refractivity contribution in [3.8, 4) is 5.95 Å². The minimum Gasteiger partial charge on any atom is -0.300 e. The molecule has 5 nitrogen and oxygen atoms in total. The zero-order valence-corrected chi connectivity index (χ0v) is 17.5. The summed E-state index contributed by atoms with van der Waals surface area (Å²) in [6.07, 6.45) is 4.65. The quantitative estimate of drug-likeness (QED) is 0.355. The van der Waals surface area contributed by atoms with Crippen LogP contribution in [0.2, 0.25) is 0 Å². The molecule has 0 amide bonds. The van der Waals surface area contributed by atoms with Gasteiger partial charge in [-0.3, -0.25) is 8.97 Å². The van der Waals surface area contributed by atoms with Crippen molar-refractivity contribution in [2.75, 3.05) is 0 Å². The Kier molecular flexibility index (Phi) is 3.74. The fraction of sp³-hybridized carbons (Fsp3) is 0.115. The molecule has 5 heteroatoms. The largest absolute Gasteiger partial charge is 0.300 e. The molecule has 0 bridgehead atoms. The Morgan fingerprint density at radius 1 is 0.871 bits per heavy atom. The van der Waals surface area contributed by atoms with Gasteiger partial charge in [0.2, 0.25) is 5.95 Å². The molecule has 4 aromatic heterocycles. The van der Waals surface area contributed by atoms with Crippen molar-refractivity contribution in [1.82, 2.24) is 23.9 Å². The van der Waals surface area contributed by atoms with Crippen LogP contribution in [0.3, 0.4) is 0 Å². The molecule has 0 aliphatic rings. The zero-order valence-electron chi connectivity index (χ0n) is 17.5. The van der Waals surface area contributed by atoms with Crippen LogP contribution in [0.1, 0.15) is 17.0 Å². The molecular weight excluding hydrogens is 382 g/mol. The van der Waals surface area contributed by atoms with Gasteiger partial charge in [-0.25, -0.2) is 15.0 Å². The summed E-state index contributed by atoms with van der Waals surface area (Å²) in [7, 11) is 0. The molecule has 0 spiro atoms. The third-order valence-electron chi connectivity index (χ3n) is 6.16. The van der Waals surface area contributed by atoms with E-state index < -0.39 is 0 Å². The van der Waals surface area contributed by atoms with Crippen LogP contribution in [0.15, 0.2) is 73.4 Å².